The number of para-hydroxylation sites is 2. The molecule has 4 nitrogen and oxygen atoms in total. The van der Waals surface area contributed by atoms with Gasteiger partial charge < -0.3 is 15.4 Å². The van der Waals surface area contributed by atoms with Crippen molar-refractivity contribution < 1.29 is 5.11 Å². The molecular formula is C13H19N3O. The van der Waals surface area contributed by atoms with Crippen LogP contribution in [0.2, 0.25) is 0 Å². The Bertz CT molecular complexity index is 447. The third-order valence-electron chi connectivity index (χ3n) is 3.43. The van der Waals surface area contributed by atoms with Crippen LogP contribution in [0, 0.1) is 0 Å². The van der Waals surface area contributed by atoms with Gasteiger partial charge in [0.2, 0.25) is 5.95 Å². The third-order valence-corrected chi connectivity index (χ3v) is 3.43. The van der Waals surface area contributed by atoms with Crippen molar-refractivity contribution in [1.29, 1.82) is 0 Å². The molecule has 0 fully saturated rings. The van der Waals surface area contributed by atoms with Gasteiger partial charge in [-0.05, 0) is 25.0 Å². The lowest BCUT2D eigenvalue weighted by Gasteiger charge is -2.30. The Balaban J connectivity index is 2.28. The van der Waals surface area contributed by atoms with Gasteiger partial charge >= 0.3 is 0 Å². The van der Waals surface area contributed by atoms with Gasteiger partial charge in [-0.25, -0.2) is 4.98 Å². The maximum atomic E-state index is 9.51. The lowest BCUT2D eigenvalue weighted by molar-refractivity contribution is 0.202. The van der Waals surface area contributed by atoms with Crippen molar-refractivity contribution in [2.75, 3.05) is 11.9 Å². The molecule has 1 heterocycles. The molecule has 2 rings (SSSR count). The average molecular weight is 233 g/mol. The molecule has 17 heavy (non-hydrogen) atoms. The fourth-order valence-electron chi connectivity index (χ4n) is 1.95. The molecule has 0 amide bonds. The molecule has 0 bridgehead atoms. The van der Waals surface area contributed by atoms with Crippen molar-refractivity contribution in [1.82, 2.24) is 9.97 Å². The van der Waals surface area contributed by atoms with Crippen LogP contribution in [0.15, 0.2) is 24.3 Å². The van der Waals surface area contributed by atoms with Crippen molar-refractivity contribution in [3.05, 3.63) is 24.3 Å². The van der Waals surface area contributed by atoms with E-state index in [4.69, 9.17) is 0 Å². The molecule has 0 aliphatic rings. The molecule has 0 atom stereocenters. The van der Waals surface area contributed by atoms with Crippen LogP contribution in [0.5, 0.6) is 0 Å². The summed E-state index contributed by atoms with van der Waals surface area (Å²) >= 11 is 0. The van der Waals surface area contributed by atoms with E-state index in [1.165, 1.54) is 0 Å². The smallest absolute Gasteiger partial charge is 0.201 e. The number of aromatic amines is 1. The van der Waals surface area contributed by atoms with E-state index in [2.05, 4.69) is 29.1 Å². The molecule has 2 aromatic rings. The normalized spacial score (nSPS) is 11.9. The van der Waals surface area contributed by atoms with Gasteiger partial charge in [0.05, 0.1) is 23.2 Å². The highest BCUT2D eigenvalue weighted by Crippen LogP contribution is 2.22. The second-order valence-electron chi connectivity index (χ2n) is 4.37. The summed E-state index contributed by atoms with van der Waals surface area (Å²) in [6.45, 7) is 4.24. The minimum atomic E-state index is -0.284. The largest absolute Gasteiger partial charge is 0.394 e. The molecule has 0 saturated carbocycles. The fourth-order valence-corrected chi connectivity index (χ4v) is 1.95. The number of hydrogen-bond acceptors (Lipinski definition) is 3. The van der Waals surface area contributed by atoms with Crippen molar-refractivity contribution in [2.24, 2.45) is 0 Å². The Kier molecular flexibility index (Phi) is 3.33. The number of aliphatic hydroxyl groups excluding tert-OH is 1. The Hall–Kier alpha value is -1.55. The molecule has 3 N–H and O–H groups in total. The molecule has 1 aromatic heterocycles. The van der Waals surface area contributed by atoms with Crippen molar-refractivity contribution in [3.63, 3.8) is 0 Å². The van der Waals surface area contributed by atoms with Crippen molar-refractivity contribution in [3.8, 4) is 0 Å². The van der Waals surface area contributed by atoms with E-state index < -0.39 is 0 Å². The van der Waals surface area contributed by atoms with E-state index in [1.54, 1.807) is 0 Å². The number of rotatable bonds is 5. The Morgan fingerprint density at radius 2 is 2.00 bits per heavy atom. The maximum absolute atomic E-state index is 9.51. The molecule has 0 spiro atoms. The molecular weight excluding hydrogens is 214 g/mol. The van der Waals surface area contributed by atoms with E-state index in [-0.39, 0.29) is 12.1 Å². The number of nitrogens with zero attached hydrogens (tertiary/aromatic N) is 1. The summed E-state index contributed by atoms with van der Waals surface area (Å²) in [5.74, 6) is 0.726. The number of anilines is 1. The highest BCUT2D eigenvalue weighted by Gasteiger charge is 2.25. The van der Waals surface area contributed by atoms with Crippen LogP contribution in [0.4, 0.5) is 5.95 Å². The Morgan fingerprint density at radius 1 is 1.29 bits per heavy atom. The van der Waals surface area contributed by atoms with Crippen LogP contribution < -0.4 is 5.32 Å². The lowest BCUT2D eigenvalue weighted by Crippen LogP contribution is -2.41. The van der Waals surface area contributed by atoms with Crippen molar-refractivity contribution >= 4 is 17.0 Å². The third kappa shape index (κ3) is 2.26. The minimum absolute atomic E-state index is 0.108. The lowest BCUT2D eigenvalue weighted by atomic mass is 9.94. The first-order valence-electron chi connectivity index (χ1n) is 6.07. The monoisotopic (exact) mass is 233 g/mol. The van der Waals surface area contributed by atoms with E-state index >= 15 is 0 Å². The molecule has 1 aromatic carbocycles. The standard InChI is InChI=1S/C13H19N3O/c1-3-13(4-2,9-17)16-12-14-10-7-5-6-8-11(10)15-12/h5-8,17H,3-4,9H2,1-2H3,(H2,14,15,16). The second kappa shape index (κ2) is 4.75. The summed E-state index contributed by atoms with van der Waals surface area (Å²) in [7, 11) is 0. The van der Waals surface area contributed by atoms with Crippen molar-refractivity contribution in [2.45, 2.75) is 32.2 Å². The number of H-pyrrole nitrogens is 1. The van der Waals surface area contributed by atoms with E-state index in [1.807, 2.05) is 24.3 Å². The highest BCUT2D eigenvalue weighted by atomic mass is 16.3. The van der Waals surface area contributed by atoms with Gasteiger partial charge in [-0.15, -0.1) is 0 Å². The maximum Gasteiger partial charge on any atom is 0.201 e. The minimum Gasteiger partial charge on any atom is -0.394 e. The van der Waals surface area contributed by atoms with Crippen LogP contribution in [-0.2, 0) is 0 Å². The molecule has 0 unspecified atom stereocenters. The van der Waals surface area contributed by atoms with Gasteiger partial charge in [0.1, 0.15) is 0 Å². The Labute approximate surface area is 101 Å². The number of hydrogen-bond donors (Lipinski definition) is 3. The molecule has 92 valence electrons. The predicted molar refractivity (Wildman–Crippen MR) is 70.1 cm³/mol. The quantitative estimate of drug-likeness (QED) is 0.743. The number of benzene rings is 1. The van der Waals surface area contributed by atoms with Gasteiger partial charge in [0, 0.05) is 0 Å². The van der Waals surface area contributed by atoms with E-state index in [0.717, 1.165) is 29.8 Å². The zero-order valence-electron chi connectivity index (χ0n) is 10.3. The summed E-state index contributed by atoms with van der Waals surface area (Å²) in [6, 6.07) is 7.90. The number of fused-ring (bicyclic) bond motifs is 1. The zero-order valence-corrected chi connectivity index (χ0v) is 10.3. The van der Waals surface area contributed by atoms with Crippen LogP contribution in [0.25, 0.3) is 11.0 Å². The predicted octanol–water partition coefficient (Wildman–Crippen LogP) is 2.53. The first kappa shape index (κ1) is 11.9. The SMILES string of the molecule is CCC(CC)(CO)Nc1nc2ccccc2[nH]1. The first-order chi connectivity index (χ1) is 8.23. The van der Waals surface area contributed by atoms with Gasteiger partial charge in [0.15, 0.2) is 0 Å². The summed E-state index contributed by atoms with van der Waals surface area (Å²) in [5, 5.41) is 12.8. The number of aromatic nitrogens is 2. The Morgan fingerprint density at radius 3 is 2.59 bits per heavy atom. The first-order valence-corrected chi connectivity index (χ1v) is 6.07. The van der Waals surface area contributed by atoms with E-state index in [0.29, 0.717) is 0 Å². The summed E-state index contributed by atoms with van der Waals surface area (Å²) in [4.78, 5) is 7.68. The van der Waals surface area contributed by atoms with Crippen LogP contribution in [0.3, 0.4) is 0 Å². The number of imidazole rings is 1. The number of aliphatic hydroxyl groups is 1. The molecule has 0 aliphatic heterocycles. The van der Waals surface area contributed by atoms with Gasteiger partial charge in [-0.1, -0.05) is 26.0 Å². The van der Waals surface area contributed by atoms with Gasteiger partial charge in [-0.2, -0.15) is 0 Å². The van der Waals surface area contributed by atoms with Crippen LogP contribution in [0.1, 0.15) is 26.7 Å². The number of nitrogens with one attached hydrogen (secondary N) is 2. The fraction of sp³-hybridized carbons (Fsp3) is 0.462. The molecule has 0 aliphatic carbocycles. The topological polar surface area (TPSA) is 60.9 Å². The second-order valence-corrected chi connectivity index (χ2v) is 4.37. The highest BCUT2D eigenvalue weighted by molar-refractivity contribution is 5.77. The van der Waals surface area contributed by atoms with E-state index in [9.17, 15) is 5.11 Å². The summed E-state index contributed by atoms with van der Waals surface area (Å²) in [5.41, 5.74) is 1.66. The average Bonchev–Trinajstić information content (AvgIpc) is 2.78. The molecule has 4 heteroatoms. The van der Waals surface area contributed by atoms with Crippen LogP contribution >= 0.6 is 0 Å². The summed E-state index contributed by atoms with van der Waals surface area (Å²) in [6.07, 6.45) is 1.72. The summed E-state index contributed by atoms with van der Waals surface area (Å²) < 4.78 is 0. The van der Waals surface area contributed by atoms with Crippen LogP contribution in [-0.4, -0.2) is 27.2 Å². The molecule has 0 radical (unpaired) electrons. The van der Waals surface area contributed by atoms with Gasteiger partial charge in [-0.3, -0.25) is 0 Å². The molecule has 0 saturated heterocycles. The van der Waals surface area contributed by atoms with Gasteiger partial charge in [0.25, 0.3) is 0 Å². The zero-order chi connectivity index (χ0) is 12.3.